The van der Waals surface area contributed by atoms with Gasteiger partial charge < -0.3 is 14.7 Å². The molecule has 1 aromatic carbocycles. The maximum Gasteiger partial charge on any atom is 0.334 e. The fourth-order valence-corrected chi connectivity index (χ4v) is 3.58. The number of carboxylic acids is 1. The third-order valence-corrected chi connectivity index (χ3v) is 4.84. The molecule has 7 heteroatoms. The Hall–Kier alpha value is -2.25. The van der Waals surface area contributed by atoms with Gasteiger partial charge >= 0.3 is 5.97 Å². The lowest BCUT2D eigenvalue weighted by Crippen LogP contribution is -2.48. The monoisotopic (exact) mass is 346 g/mol. The van der Waals surface area contributed by atoms with E-state index < -0.39 is 12.1 Å². The minimum Gasteiger partial charge on any atom is -0.479 e. The average molecular weight is 346 g/mol. The van der Waals surface area contributed by atoms with Crippen LogP contribution in [0.5, 0.6) is 0 Å². The molecule has 6 nitrogen and oxygen atoms in total. The van der Waals surface area contributed by atoms with Gasteiger partial charge in [-0.25, -0.2) is 9.78 Å². The maximum atomic E-state index is 12.6. The standard InChI is InChI=1S/C17H18N2O4S/c1-10-3-4-12(11(2)7-10)15-18-13(9-24-15)16(20)19-5-6-23-14(8-19)17(21)22/h3-4,7,9,14H,5-6,8H2,1-2H3,(H,21,22). The molecule has 1 N–H and O–H groups in total. The van der Waals surface area contributed by atoms with Crippen molar-refractivity contribution in [3.63, 3.8) is 0 Å². The van der Waals surface area contributed by atoms with Gasteiger partial charge in [-0.05, 0) is 19.4 Å². The van der Waals surface area contributed by atoms with E-state index in [0.717, 1.165) is 16.1 Å². The highest BCUT2D eigenvalue weighted by Crippen LogP contribution is 2.28. The van der Waals surface area contributed by atoms with Crippen LogP contribution >= 0.6 is 11.3 Å². The number of thiazole rings is 1. The molecule has 0 spiro atoms. The lowest BCUT2D eigenvalue weighted by atomic mass is 10.1. The Kier molecular flexibility index (Phi) is 4.64. The Labute approximate surface area is 143 Å². The fourth-order valence-electron chi connectivity index (χ4n) is 2.69. The quantitative estimate of drug-likeness (QED) is 0.923. The summed E-state index contributed by atoms with van der Waals surface area (Å²) < 4.78 is 5.15. The average Bonchev–Trinajstić information content (AvgIpc) is 3.04. The number of amides is 1. The van der Waals surface area contributed by atoms with Crippen LogP contribution < -0.4 is 0 Å². The van der Waals surface area contributed by atoms with E-state index in [0.29, 0.717) is 12.2 Å². The van der Waals surface area contributed by atoms with Gasteiger partial charge in [0, 0.05) is 17.5 Å². The predicted octanol–water partition coefficient (Wildman–Crippen LogP) is 2.35. The van der Waals surface area contributed by atoms with Crippen LogP contribution in [0.15, 0.2) is 23.6 Å². The van der Waals surface area contributed by atoms with E-state index in [9.17, 15) is 9.59 Å². The van der Waals surface area contributed by atoms with Gasteiger partial charge in [0.2, 0.25) is 0 Å². The van der Waals surface area contributed by atoms with Crippen molar-refractivity contribution < 1.29 is 19.4 Å². The molecule has 0 radical (unpaired) electrons. The van der Waals surface area contributed by atoms with Gasteiger partial charge in [-0.2, -0.15) is 0 Å². The van der Waals surface area contributed by atoms with Gasteiger partial charge in [0.25, 0.3) is 5.91 Å². The summed E-state index contributed by atoms with van der Waals surface area (Å²) in [5.74, 6) is -1.31. The number of benzene rings is 1. The second-order valence-corrected chi connectivity index (χ2v) is 6.66. The summed E-state index contributed by atoms with van der Waals surface area (Å²) >= 11 is 1.42. The topological polar surface area (TPSA) is 79.7 Å². The number of aliphatic carboxylic acids is 1. The number of ether oxygens (including phenoxy) is 1. The van der Waals surface area contributed by atoms with Crippen molar-refractivity contribution in [3.8, 4) is 10.6 Å². The molecule has 1 fully saturated rings. The molecule has 126 valence electrons. The molecule has 2 aromatic rings. The first-order valence-corrected chi connectivity index (χ1v) is 8.50. The third kappa shape index (κ3) is 3.32. The first kappa shape index (κ1) is 16.6. The zero-order valence-electron chi connectivity index (χ0n) is 13.5. The summed E-state index contributed by atoms with van der Waals surface area (Å²) in [5.41, 5.74) is 3.65. The van der Waals surface area contributed by atoms with Gasteiger partial charge in [0.1, 0.15) is 10.7 Å². The Morgan fingerprint density at radius 3 is 2.88 bits per heavy atom. The summed E-state index contributed by atoms with van der Waals surface area (Å²) in [6.07, 6.45) is -0.972. The molecule has 0 bridgehead atoms. The molecule has 1 amide bonds. The number of hydrogen-bond donors (Lipinski definition) is 1. The largest absolute Gasteiger partial charge is 0.479 e. The lowest BCUT2D eigenvalue weighted by Gasteiger charge is -2.30. The summed E-state index contributed by atoms with van der Waals surface area (Å²) in [6, 6.07) is 6.11. The van der Waals surface area contributed by atoms with E-state index in [1.165, 1.54) is 21.8 Å². The van der Waals surface area contributed by atoms with Crippen molar-refractivity contribution in [2.45, 2.75) is 20.0 Å². The van der Waals surface area contributed by atoms with Gasteiger partial charge in [-0.1, -0.05) is 23.8 Å². The highest BCUT2D eigenvalue weighted by Gasteiger charge is 2.30. The Bertz CT molecular complexity index is 787. The van der Waals surface area contributed by atoms with Crippen molar-refractivity contribution >= 4 is 23.2 Å². The molecule has 1 unspecified atom stereocenters. The highest BCUT2D eigenvalue weighted by atomic mass is 32.1. The van der Waals surface area contributed by atoms with E-state index in [1.807, 2.05) is 26.0 Å². The normalized spacial score (nSPS) is 17.8. The number of hydrogen-bond acceptors (Lipinski definition) is 5. The Balaban J connectivity index is 1.80. The van der Waals surface area contributed by atoms with Crippen LogP contribution in [0.25, 0.3) is 10.6 Å². The van der Waals surface area contributed by atoms with Crippen LogP contribution in [0.2, 0.25) is 0 Å². The van der Waals surface area contributed by atoms with Gasteiger partial charge in [-0.3, -0.25) is 4.79 Å². The number of aryl methyl sites for hydroxylation is 2. The van der Waals surface area contributed by atoms with E-state index in [1.54, 1.807) is 5.38 Å². The van der Waals surface area contributed by atoms with E-state index in [-0.39, 0.29) is 19.1 Å². The minimum absolute atomic E-state index is 0.0462. The molecule has 0 aliphatic carbocycles. The van der Waals surface area contributed by atoms with E-state index in [2.05, 4.69) is 11.1 Å². The molecule has 1 atom stereocenters. The number of carbonyl (C=O) groups excluding carboxylic acids is 1. The lowest BCUT2D eigenvalue weighted by molar-refractivity contribution is -0.154. The summed E-state index contributed by atoms with van der Waals surface area (Å²) in [5, 5.41) is 11.6. The van der Waals surface area contributed by atoms with Crippen LogP contribution in [0.1, 0.15) is 21.6 Å². The molecule has 2 heterocycles. The molecule has 3 rings (SSSR count). The van der Waals surface area contributed by atoms with Crippen LogP contribution in [0.4, 0.5) is 0 Å². The molecular weight excluding hydrogens is 328 g/mol. The van der Waals surface area contributed by atoms with Crippen molar-refractivity contribution in [1.82, 2.24) is 9.88 Å². The number of rotatable bonds is 3. The van der Waals surface area contributed by atoms with Crippen LogP contribution in [0, 0.1) is 13.8 Å². The first-order chi connectivity index (χ1) is 11.5. The molecular formula is C17H18N2O4S. The van der Waals surface area contributed by atoms with Crippen LogP contribution in [-0.2, 0) is 9.53 Å². The van der Waals surface area contributed by atoms with Crippen LogP contribution in [0.3, 0.4) is 0 Å². The van der Waals surface area contributed by atoms with Crippen molar-refractivity contribution in [1.29, 1.82) is 0 Å². The Morgan fingerprint density at radius 2 is 2.17 bits per heavy atom. The minimum atomic E-state index is -1.05. The number of morpholine rings is 1. The number of carboxylic acid groups (broad SMARTS) is 1. The Morgan fingerprint density at radius 1 is 1.38 bits per heavy atom. The summed E-state index contributed by atoms with van der Waals surface area (Å²) in [7, 11) is 0. The molecule has 1 aromatic heterocycles. The fraction of sp³-hybridized carbons (Fsp3) is 0.353. The van der Waals surface area contributed by atoms with Crippen molar-refractivity contribution in [2.24, 2.45) is 0 Å². The zero-order valence-corrected chi connectivity index (χ0v) is 14.3. The number of nitrogens with zero attached hydrogens (tertiary/aromatic N) is 2. The molecule has 1 saturated heterocycles. The van der Waals surface area contributed by atoms with Crippen LogP contribution in [-0.4, -0.2) is 52.7 Å². The maximum absolute atomic E-state index is 12.6. The molecule has 1 aliphatic heterocycles. The van der Waals surface area contributed by atoms with Crippen molar-refractivity contribution in [3.05, 3.63) is 40.4 Å². The van der Waals surface area contributed by atoms with Gasteiger partial charge in [0.05, 0.1) is 13.2 Å². The summed E-state index contributed by atoms with van der Waals surface area (Å²) in [4.78, 5) is 29.6. The van der Waals surface area contributed by atoms with Crippen molar-refractivity contribution in [2.75, 3.05) is 19.7 Å². The summed E-state index contributed by atoms with van der Waals surface area (Å²) in [6.45, 7) is 4.69. The molecule has 1 aliphatic rings. The van der Waals surface area contributed by atoms with E-state index >= 15 is 0 Å². The smallest absolute Gasteiger partial charge is 0.334 e. The number of aromatic nitrogens is 1. The highest BCUT2D eigenvalue weighted by molar-refractivity contribution is 7.13. The second kappa shape index (κ2) is 6.70. The zero-order chi connectivity index (χ0) is 17.3. The number of carbonyl (C=O) groups is 2. The SMILES string of the molecule is Cc1ccc(-c2nc(C(=O)N3CCOC(C(=O)O)C3)cs2)c(C)c1. The second-order valence-electron chi connectivity index (χ2n) is 5.81. The predicted molar refractivity (Wildman–Crippen MR) is 90.3 cm³/mol. The molecule has 24 heavy (non-hydrogen) atoms. The van der Waals surface area contributed by atoms with E-state index in [4.69, 9.17) is 9.84 Å². The van der Waals surface area contributed by atoms with Gasteiger partial charge in [-0.15, -0.1) is 11.3 Å². The van der Waals surface area contributed by atoms with Gasteiger partial charge in [0.15, 0.2) is 6.10 Å². The third-order valence-electron chi connectivity index (χ3n) is 3.96. The molecule has 0 saturated carbocycles. The first-order valence-electron chi connectivity index (χ1n) is 7.62.